The number of hydrogen-bond acceptors (Lipinski definition) is 4. The van der Waals surface area contributed by atoms with Gasteiger partial charge in [0.05, 0.1) is 12.7 Å². The lowest BCUT2D eigenvalue weighted by Gasteiger charge is -2.33. The zero-order valence-corrected chi connectivity index (χ0v) is 12.7. The number of carbonyl (C=O) groups is 1. The van der Waals surface area contributed by atoms with E-state index in [1.54, 1.807) is 18.3 Å². The van der Waals surface area contributed by atoms with Crippen molar-refractivity contribution in [2.75, 3.05) is 19.7 Å². The number of ether oxygens (including phenoxy) is 2. The van der Waals surface area contributed by atoms with Crippen LogP contribution in [0.1, 0.15) is 42.5 Å². The van der Waals surface area contributed by atoms with Crippen LogP contribution in [-0.4, -0.2) is 47.7 Å². The molecule has 1 aliphatic heterocycles. The molecular weight excluding hydrogens is 280 g/mol. The molecule has 0 spiro atoms. The first-order valence-electron chi connectivity index (χ1n) is 8.33. The number of hydrogen-bond donors (Lipinski definition) is 0. The Morgan fingerprint density at radius 1 is 1.32 bits per heavy atom. The molecular formula is C17H22N2O3. The molecule has 22 heavy (non-hydrogen) atoms. The minimum absolute atomic E-state index is 0.0646. The van der Waals surface area contributed by atoms with Crippen LogP contribution in [0.2, 0.25) is 0 Å². The van der Waals surface area contributed by atoms with Gasteiger partial charge in [-0.05, 0) is 44.1 Å². The maximum absolute atomic E-state index is 12.7. The van der Waals surface area contributed by atoms with Crippen LogP contribution >= 0.6 is 0 Å². The first-order chi connectivity index (χ1) is 10.8. The Kier molecular flexibility index (Phi) is 3.74. The van der Waals surface area contributed by atoms with Crippen molar-refractivity contribution in [1.82, 2.24) is 9.88 Å². The monoisotopic (exact) mass is 302 g/mol. The molecule has 0 N–H and O–H groups in total. The predicted molar refractivity (Wildman–Crippen MR) is 80.9 cm³/mol. The topological polar surface area (TPSA) is 51.7 Å². The van der Waals surface area contributed by atoms with Crippen LogP contribution in [0.25, 0.3) is 0 Å². The lowest BCUT2D eigenvalue weighted by molar-refractivity contribution is -0.0314. The summed E-state index contributed by atoms with van der Waals surface area (Å²) in [5.74, 6) is 1.29. The van der Waals surface area contributed by atoms with Gasteiger partial charge in [0.2, 0.25) is 5.88 Å². The summed E-state index contributed by atoms with van der Waals surface area (Å²) in [4.78, 5) is 18.8. The zero-order valence-electron chi connectivity index (χ0n) is 12.7. The fourth-order valence-corrected chi connectivity index (χ4v) is 3.06. The highest BCUT2D eigenvalue weighted by Crippen LogP contribution is 2.36. The van der Waals surface area contributed by atoms with E-state index in [9.17, 15) is 4.79 Å². The third-order valence-electron chi connectivity index (χ3n) is 4.85. The van der Waals surface area contributed by atoms with Gasteiger partial charge in [-0.1, -0.05) is 0 Å². The molecule has 0 radical (unpaired) electrons. The van der Waals surface area contributed by atoms with Crippen molar-refractivity contribution in [3.63, 3.8) is 0 Å². The highest BCUT2D eigenvalue weighted by molar-refractivity contribution is 5.94. The first-order valence-corrected chi connectivity index (χ1v) is 8.33. The van der Waals surface area contributed by atoms with Gasteiger partial charge in [0.15, 0.2) is 0 Å². The summed E-state index contributed by atoms with van der Waals surface area (Å²) in [6.45, 7) is 2.03. The molecule has 1 atom stereocenters. The van der Waals surface area contributed by atoms with Gasteiger partial charge in [0.25, 0.3) is 5.91 Å². The van der Waals surface area contributed by atoms with Gasteiger partial charge in [-0.25, -0.2) is 4.98 Å². The van der Waals surface area contributed by atoms with E-state index in [0.717, 1.165) is 12.8 Å². The fourth-order valence-electron chi connectivity index (χ4n) is 3.06. The van der Waals surface area contributed by atoms with Crippen LogP contribution in [0.5, 0.6) is 5.88 Å². The van der Waals surface area contributed by atoms with Crippen molar-refractivity contribution < 1.29 is 14.3 Å². The van der Waals surface area contributed by atoms with Crippen LogP contribution in [-0.2, 0) is 4.74 Å². The molecule has 3 aliphatic rings. The Labute approximate surface area is 130 Å². The van der Waals surface area contributed by atoms with Crippen LogP contribution in [0, 0.1) is 5.92 Å². The number of morpholine rings is 1. The number of amides is 1. The van der Waals surface area contributed by atoms with Gasteiger partial charge in [-0.15, -0.1) is 0 Å². The standard InChI is InChI=1S/C17H22N2O3/c20-17(19-8-9-21-15(11-19)12-4-5-12)13-6-7-18-16(10-13)22-14-2-1-3-14/h6-7,10,12,14-15H,1-5,8-9,11H2. The van der Waals surface area contributed by atoms with E-state index < -0.39 is 0 Å². The third-order valence-corrected chi connectivity index (χ3v) is 4.85. The highest BCUT2D eigenvalue weighted by Gasteiger charge is 2.36. The molecule has 118 valence electrons. The molecule has 2 aliphatic carbocycles. The molecule has 5 heteroatoms. The quantitative estimate of drug-likeness (QED) is 0.856. The summed E-state index contributed by atoms with van der Waals surface area (Å²) in [6, 6.07) is 3.56. The molecule has 1 amide bonds. The second kappa shape index (κ2) is 5.88. The van der Waals surface area contributed by atoms with Crippen molar-refractivity contribution in [3.8, 4) is 5.88 Å². The summed E-state index contributed by atoms with van der Waals surface area (Å²) < 4.78 is 11.6. The minimum Gasteiger partial charge on any atom is -0.474 e. The maximum atomic E-state index is 12.7. The predicted octanol–water partition coefficient (Wildman–Crippen LogP) is 2.26. The molecule has 2 heterocycles. The lowest BCUT2D eigenvalue weighted by atomic mass is 9.96. The molecule has 1 aromatic rings. The fraction of sp³-hybridized carbons (Fsp3) is 0.647. The van der Waals surface area contributed by atoms with Gasteiger partial charge in [-0.3, -0.25) is 4.79 Å². The Hall–Kier alpha value is -1.62. The minimum atomic E-state index is 0.0646. The molecule has 1 unspecified atom stereocenters. The Morgan fingerprint density at radius 3 is 2.91 bits per heavy atom. The van der Waals surface area contributed by atoms with E-state index in [-0.39, 0.29) is 18.1 Å². The van der Waals surface area contributed by atoms with Gasteiger partial charge < -0.3 is 14.4 Å². The maximum Gasteiger partial charge on any atom is 0.254 e. The van der Waals surface area contributed by atoms with E-state index in [1.807, 2.05) is 4.90 Å². The number of pyridine rings is 1. The average Bonchev–Trinajstić information content (AvgIpc) is 3.36. The van der Waals surface area contributed by atoms with Crippen LogP contribution in [0.4, 0.5) is 0 Å². The van der Waals surface area contributed by atoms with E-state index in [1.165, 1.54) is 19.3 Å². The average molecular weight is 302 g/mol. The highest BCUT2D eigenvalue weighted by atomic mass is 16.5. The summed E-state index contributed by atoms with van der Waals surface area (Å²) in [7, 11) is 0. The van der Waals surface area contributed by atoms with Gasteiger partial charge in [0, 0.05) is 30.9 Å². The Balaban J connectivity index is 1.43. The Morgan fingerprint density at radius 2 is 2.18 bits per heavy atom. The van der Waals surface area contributed by atoms with E-state index >= 15 is 0 Å². The van der Waals surface area contributed by atoms with Gasteiger partial charge >= 0.3 is 0 Å². The number of nitrogens with zero attached hydrogens (tertiary/aromatic N) is 2. The Bertz CT molecular complexity index is 555. The van der Waals surface area contributed by atoms with E-state index in [2.05, 4.69) is 4.98 Å². The smallest absolute Gasteiger partial charge is 0.254 e. The van der Waals surface area contributed by atoms with Crippen molar-refractivity contribution >= 4 is 5.91 Å². The SMILES string of the molecule is O=C(c1ccnc(OC2CCC2)c1)N1CCOC(C2CC2)C1. The van der Waals surface area contributed by atoms with Crippen molar-refractivity contribution in [2.45, 2.75) is 44.3 Å². The molecule has 5 nitrogen and oxygen atoms in total. The molecule has 4 rings (SSSR count). The van der Waals surface area contributed by atoms with Crippen molar-refractivity contribution in [3.05, 3.63) is 23.9 Å². The number of carbonyl (C=O) groups excluding carboxylic acids is 1. The molecule has 3 fully saturated rings. The van der Waals surface area contributed by atoms with Crippen molar-refractivity contribution in [1.29, 1.82) is 0 Å². The summed E-state index contributed by atoms with van der Waals surface area (Å²) >= 11 is 0. The van der Waals surface area contributed by atoms with E-state index in [4.69, 9.17) is 9.47 Å². The second-order valence-corrected chi connectivity index (χ2v) is 6.55. The summed E-state index contributed by atoms with van der Waals surface area (Å²) in [5.41, 5.74) is 0.667. The molecule has 1 saturated heterocycles. The largest absolute Gasteiger partial charge is 0.474 e. The lowest BCUT2D eigenvalue weighted by Crippen LogP contribution is -2.46. The van der Waals surface area contributed by atoms with Crippen LogP contribution < -0.4 is 4.74 Å². The van der Waals surface area contributed by atoms with E-state index in [0.29, 0.717) is 37.1 Å². The number of aromatic nitrogens is 1. The third kappa shape index (κ3) is 2.95. The second-order valence-electron chi connectivity index (χ2n) is 6.55. The van der Waals surface area contributed by atoms with Gasteiger partial charge in [0.1, 0.15) is 6.10 Å². The molecule has 0 bridgehead atoms. The number of rotatable bonds is 4. The zero-order chi connectivity index (χ0) is 14.9. The normalized spacial score (nSPS) is 25.6. The van der Waals surface area contributed by atoms with Crippen LogP contribution in [0.3, 0.4) is 0 Å². The molecule has 1 aromatic heterocycles. The van der Waals surface area contributed by atoms with Gasteiger partial charge in [-0.2, -0.15) is 0 Å². The molecule has 0 aromatic carbocycles. The summed E-state index contributed by atoms with van der Waals surface area (Å²) in [5, 5.41) is 0. The first kappa shape index (κ1) is 14.0. The summed E-state index contributed by atoms with van der Waals surface area (Å²) in [6.07, 6.45) is 8.05. The van der Waals surface area contributed by atoms with Crippen molar-refractivity contribution in [2.24, 2.45) is 5.92 Å². The molecule has 2 saturated carbocycles. The van der Waals surface area contributed by atoms with Crippen LogP contribution in [0.15, 0.2) is 18.3 Å².